The summed E-state index contributed by atoms with van der Waals surface area (Å²) in [5.41, 5.74) is 9.68. The molecule has 0 spiro atoms. The van der Waals surface area contributed by atoms with Crippen LogP contribution in [-0.2, 0) is 0 Å². The van der Waals surface area contributed by atoms with E-state index in [0.717, 1.165) is 66.5 Å². The van der Waals surface area contributed by atoms with E-state index in [1.165, 1.54) is 21.5 Å². The fourth-order valence-corrected chi connectivity index (χ4v) is 8.01. The molecule has 54 heavy (non-hydrogen) atoms. The molecule has 5 heteroatoms. The van der Waals surface area contributed by atoms with Crippen molar-refractivity contribution < 1.29 is 4.42 Å². The topological polar surface area (TPSA) is 56.7 Å². The first-order valence-electron chi connectivity index (χ1n) is 18.1. The molecule has 0 unspecified atom stereocenters. The van der Waals surface area contributed by atoms with Crippen molar-refractivity contribution in [2.45, 2.75) is 0 Å². The van der Waals surface area contributed by atoms with Crippen molar-refractivity contribution in [3.05, 3.63) is 182 Å². The molecule has 0 amide bonds. The van der Waals surface area contributed by atoms with Crippen LogP contribution in [0.2, 0.25) is 0 Å². The Balaban J connectivity index is 1.17. The Hall–Kier alpha value is -7.37. The second-order valence-corrected chi connectivity index (χ2v) is 13.6. The molecule has 8 aromatic carbocycles. The molecule has 11 rings (SSSR count). The van der Waals surface area contributed by atoms with Crippen LogP contribution in [0.3, 0.4) is 0 Å². The van der Waals surface area contributed by atoms with Gasteiger partial charge in [-0.3, -0.25) is 0 Å². The third kappa shape index (κ3) is 4.76. The molecule has 0 fully saturated rings. The van der Waals surface area contributed by atoms with E-state index < -0.39 is 0 Å². The Bertz CT molecular complexity index is 3190. The first kappa shape index (κ1) is 30.3. The molecular weight excluding hydrogens is 661 g/mol. The van der Waals surface area contributed by atoms with Gasteiger partial charge in [-0.1, -0.05) is 140 Å². The SMILES string of the molecule is c1cc(-c2nc(-c3ccccc3-n3c4ccccc4c4ccccc43)nc(-c3cccc4c3oc3ccccc34)n2)cc(-c2cccc3ccccc23)c1. The summed E-state index contributed by atoms with van der Waals surface area (Å²) < 4.78 is 8.85. The van der Waals surface area contributed by atoms with Crippen molar-refractivity contribution in [3.8, 4) is 51.0 Å². The van der Waals surface area contributed by atoms with Gasteiger partial charge in [0.1, 0.15) is 11.2 Å². The molecular formula is C49H30N4O. The average molecular weight is 691 g/mol. The first-order valence-corrected chi connectivity index (χ1v) is 18.1. The Labute approximate surface area is 310 Å². The molecule has 0 atom stereocenters. The number of aromatic nitrogens is 4. The van der Waals surface area contributed by atoms with Crippen LogP contribution >= 0.6 is 0 Å². The number of hydrogen-bond donors (Lipinski definition) is 0. The number of benzene rings is 8. The van der Waals surface area contributed by atoms with Crippen LogP contribution in [0.4, 0.5) is 0 Å². The van der Waals surface area contributed by atoms with Gasteiger partial charge in [0.05, 0.1) is 22.3 Å². The zero-order valence-corrected chi connectivity index (χ0v) is 29.0. The largest absolute Gasteiger partial charge is 0.455 e. The molecule has 252 valence electrons. The Morgan fingerprint density at radius 3 is 1.74 bits per heavy atom. The van der Waals surface area contributed by atoms with E-state index in [1.54, 1.807) is 0 Å². The van der Waals surface area contributed by atoms with Crippen molar-refractivity contribution in [2.24, 2.45) is 0 Å². The van der Waals surface area contributed by atoms with Crippen LogP contribution in [0.5, 0.6) is 0 Å². The van der Waals surface area contributed by atoms with Crippen LogP contribution in [0.15, 0.2) is 186 Å². The summed E-state index contributed by atoms with van der Waals surface area (Å²) in [6, 6.07) is 63.3. The van der Waals surface area contributed by atoms with E-state index in [9.17, 15) is 0 Å². The van der Waals surface area contributed by atoms with Gasteiger partial charge in [-0.05, 0) is 64.4 Å². The molecule has 0 radical (unpaired) electrons. The summed E-state index contributed by atoms with van der Waals surface area (Å²) in [5.74, 6) is 1.71. The van der Waals surface area contributed by atoms with Gasteiger partial charge in [0, 0.05) is 32.7 Å². The average Bonchev–Trinajstić information content (AvgIpc) is 3.79. The highest BCUT2D eigenvalue weighted by Gasteiger charge is 2.21. The van der Waals surface area contributed by atoms with E-state index in [4.69, 9.17) is 19.4 Å². The lowest BCUT2D eigenvalue weighted by atomic mass is 9.97. The smallest absolute Gasteiger partial charge is 0.167 e. The Morgan fingerprint density at radius 1 is 0.370 bits per heavy atom. The maximum Gasteiger partial charge on any atom is 0.167 e. The second-order valence-electron chi connectivity index (χ2n) is 13.6. The summed E-state index contributed by atoms with van der Waals surface area (Å²) in [6.07, 6.45) is 0. The highest BCUT2D eigenvalue weighted by molar-refractivity contribution is 6.10. The highest BCUT2D eigenvalue weighted by atomic mass is 16.3. The third-order valence-corrected chi connectivity index (χ3v) is 10.5. The lowest BCUT2D eigenvalue weighted by molar-refractivity contribution is 0.669. The van der Waals surface area contributed by atoms with E-state index >= 15 is 0 Å². The fourth-order valence-electron chi connectivity index (χ4n) is 8.01. The van der Waals surface area contributed by atoms with E-state index in [-0.39, 0.29) is 0 Å². The molecule has 5 nitrogen and oxygen atoms in total. The summed E-state index contributed by atoms with van der Waals surface area (Å²) >= 11 is 0. The van der Waals surface area contributed by atoms with E-state index in [1.807, 2.05) is 24.3 Å². The Morgan fingerprint density at radius 2 is 0.907 bits per heavy atom. The number of para-hydroxylation sites is 5. The lowest BCUT2D eigenvalue weighted by Crippen LogP contribution is -2.03. The van der Waals surface area contributed by atoms with Gasteiger partial charge in [0.25, 0.3) is 0 Å². The number of rotatable bonds is 5. The zero-order chi connectivity index (χ0) is 35.6. The van der Waals surface area contributed by atoms with Crippen molar-refractivity contribution in [3.63, 3.8) is 0 Å². The highest BCUT2D eigenvalue weighted by Crippen LogP contribution is 2.39. The molecule has 3 heterocycles. The molecule has 0 aliphatic heterocycles. The summed E-state index contributed by atoms with van der Waals surface area (Å²) in [4.78, 5) is 15.8. The molecule has 0 N–H and O–H groups in total. The monoisotopic (exact) mass is 690 g/mol. The van der Waals surface area contributed by atoms with E-state index in [2.05, 4.69) is 162 Å². The van der Waals surface area contributed by atoms with Gasteiger partial charge in [0.2, 0.25) is 0 Å². The third-order valence-electron chi connectivity index (χ3n) is 10.5. The van der Waals surface area contributed by atoms with Gasteiger partial charge in [-0.25, -0.2) is 15.0 Å². The van der Waals surface area contributed by atoms with Gasteiger partial charge < -0.3 is 8.98 Å². The standard InChI is InChI=1S/C49H30N4O/c1-2-18-34-31(14-1)15-12-23-35(34)32-16-11-17-33(30-32)47-50-48(52-49(51-47)41-25-13-24-39-38-21-6-10-29-45(38)54-46(39)41)40-22-5-9-28-44(40)53-42-26-7-3-19-36(42)37-20-4-8-27-43(37)53/h1-30H. The molecule has 11 aromatic rings. The van der Waals surface area contributed by atoms with Gasteiger partial charge in [-0.15, -0.1) is 0 Å². The summed E-state index contributed by atoms with van der Waals surface area (Å²) in [7, 11) is 0. The van der Waals surface area contributed by atoms with Crippen LogP contribution < -0.4 is 0 Å². The second kappa shape index (κ2) is 12.1. The Kier molecular flexibility index (Phi) is 6.79. The maximum atomic E-state index is 6.52. The molecule has 0 saturated carbocycles. The predicted octanol–water partition coefficient (Wildman–Crippen LogP) is 12.7. The molecule has 0 bridgehead atoms. The number of nitrogens with zero attached hydrogens (tertiary/aromatic N) is 4. The fraction of sp³-hybridized carbons (Fsp3) is 0. The minimum atomic E-state index is 0.548. The van der Waals surface area contributed by atoms with Crippen LogP contribution in [0.1, 0.15) is 0 Å². The van der Waals surface area contributed by atoms with Crippen LogP contribution in [-0.4, -0.2) is 19.5 Å². The van der Waals surface area contributed by atoms with Crippen molar-refractivity contribution in [1.29, 1.82) is 0 Å². The van der Waals surface area contributed by atoms with Crippen LogP contribution in [0.25, 0.3) is 105 Å². The van der Waals surface area contributed by atoms with Crippen molar-refractivity contribution >= 4 is 54.5 Å². The number of hydrogen-bond acceptors (Lipinski definition) is 4. The molecule has 0 saturated heterocycles. The zero-order valence-electron chi connectivity index (χ0n) is 29.0. The summed E-state index contributed by atoms with van der Waals surface area (Å²) in [5, 5.41) is 6.87. The van der Waals surface area contributed by atoms with Gasteiger partial charge in [0.15, 0.2) is 17.5 Å². The minimum Gasteiger partial charge on any atom is -0.455 e. The van der Waals surface area contributed by atoms with Gasteiger partial charge >= 0.3 is 0 Å². The van der Waals surface area contributed by atoms with Crippen molar-refractivity contribution in [1.82, 2.24) is 19.5 Å². The van der Waals surface area contributed by atoms with Crippen molar-refractivity contribution in [2.75, 3.05) is 0 Å². The maximum absolute atomic E-state index is 6.52. The van der Waals surface area contributed by atoms with E-state index in [0.29, 0.717) is 17.5 Å². The molecule has 3 aromatic heterocycles. The quantitative estimate of drug-likeness (QED) is 0.180. The first-order chi connectivity index (χ1) is 26.8. The van der Waals surface area contributed by atoms with Gasteiger partial charge in [-0.2, -0.15) is 0 Å². The number of furan rings is 1. The lowest BCUT2D eigenvalue weighted by Gasteiger charge is -2.15. The molecule has 0 aliphatic carbocycles. The van der Waals surface area contributed by atoms with Crippen LogP contribution in [0, 0.1) is 0 Å². The molecule has 0 aliphatic rings. The minimum absolute atomic E-state index is 0.548. The number of fused-ring (bicyclic) bond motifs is 7. The normalized spacial score (nSPS) is 11.7. The summed E-state index contributed by atoms with van der Waals surface area (Å²) in [6.45, 7) is 0. The predicted molar refractivity (Wildman–Crippen MR) is 221 cm³/mol.